The van der Waals surface area contributed by atoms with Crippen molar-refractivity contribution >= 4 is 28.4 Å². The number of halogens is 1. The first-order valence-corrected chi connectivity index (χ1v) is 6.35. The lowest BCUT2D eigenvalue weighted by Crippen LogP contribution is -1.89. The molecule has 0 atom stereocenters. The maximum atomic E-state index is 6.02. The summed E-state index contributed by atoms with van der Waals surface area (Å²) in [6.45, 7) is 3.92. The lowest BCUT2D eigenvalue weighted by molar-refractivity contribution is 0.617. The van der Waals surface area contributed by atoms with Gasteiger partial charge in [0.25, 0.3) is 0 Å². The number of nitrogens with two attached hydrogens (primary N) is 1. The van der Waals surface area contributed by atoms with Gasteiger partial charge < -0.3 is 10.2 Å². The van der Waals surface area contributed by atoms with Crippen LogP contribution in [0.3, 0.4) is 0 Å². The van der Waals surface area contributed by atoms with E-state index in [2.05, 4.69) is 4.98 Å². The summed E-state index contributed by atoms with van der Waals surface area (Å²) in [4.78, 5) is 4.47. The van der Waals surface area contributed by atoms with E-state index >= 15 is 0 Å². The molecule has 0 aliphatic rings. The van der Waals surface area contributed by atoms with Gasteiger partial charge in [0.05, 0.1) is 0 Å². The van der Waals surface area contributed by atoms with Crippen molar-refractivity contribution < 1.29 is 4.42 Å². The third-order valence-electron chi connectivity index (χ3n) is 3.17. The smallest absolute Gasteiger partial charge is 0.227 e. The minimum Gasteiger partial charge on any atom is -0.436 e. The van der Waals surface area contributed by atoms with Crippen LogP contribution in [0.5, 0.6) is 0 Å². The predicted molar refractivity (Wildman–Crippen MR) is 78.3 cm³/mol. The molecule has 1 heterocycles. The van der Waals surface area contributed by atoms with Crippen LogP contribution in [0.25, 0.3) is 22.6 Å². The Balaban J connectivity index is 2.20. The maximum absolute atomic E-state index is 6.02. The average molecular weight is 273 g/mol. The fourth-order valence-corrected chi connectivity index (χ4v) is 2.32. The van der Waals surface area contributed by atoms with Gasteiger partial charge in [-0.3, -0.25) is 0 Å². The summed E-state index contributed by atoms with van der Waals surface area (Å²) in [5.41, 5.74) is 11.1. The van der Waals surface area contributed by atoms with Gasteiger partial charge in [-0.1, -0.05) is 17.7 Å². The topological polar surface area (TPSA) is 52.0 Å². The zero-order chi connectivity index (χ0) is 13.6. The molecule has 0 radical (unpaired) electrons. The molecule has 0 spiro atoms. The molecule has 0 unspecified atom stereocenters. The van der Waals surface area contributed by atoms with Crippen molar-refractivity contribution in [2.24, 2.45) is 0 Å². The quantitative estimate of drug-likeness (QED) is 0.670. The van der Waals surface area contributed by atoms with E-state index in [-0.39, 0.29) is 0 Å². The molecule has 0 fully saturated rings. The molecule has 3 nitrogen and oxygen atoms in total. The van der Waals surface area contributed by atoms with E-state index in [9.17, 15) is 0 Å². The van der Waals surface area contributed by atoms with Crippen molar-refractivity contribution in [1.29, 1.82) is 0 Å². The number of aromatic nitrogens is 1. The number of nitrogens with zero attached hydrogens (tertiary/aromatic N) is 1. The number of fused-ring (bicyclic) bond motifs is 1. The number of benzene rings is 2. The minimum absolute atomic E-state index is 0.562. The van der Waals surface area contributed by atoms with Crippen LogP contribution in [-0.4, -0.2) is 4.98 Å². The monoisotopic (exact) mass is 272 g/mol. The first-order valence-electron chi connectivity index (χ1n) is 5.98. The Labute approximate surface area is 116 Å². The van der Waals surface area contributed by atoms with Gasteiger partial charge in [-0.15, -0.1) is 0 Å². The lowest BCUT2D eigenvalue weighted by Gasteiger charge is -2.01. The fraction of sp³-hybridized carbons (Fsp3) is 0.133. The van der Waals surface area contributed by atoms with Crippen LogP contribution in [0.2, 0.25) is 5.02 Å². The van der Waals surface area contributed by atoms with Crippen molar-refractivity contribution in [3.8, 4) is 11.5 Å². The summed E-state index contributed by atoms with van der Waals surface area (Å²) >= 11 is 6.02. The number of hydrogen-bond donors (Lipinski definition) is 1. The highest BCUT2D eigenvalue weighted by Gasteiger charge is 2.11. The van der Waals surface area contributed by atoms with E-state index in [0.717, 1.165) is 33.5 Å². The molecule has 3 rings (SSSR count). The summed E-state index contributed by atoms with van der Waals surface area (Å²) < 4.78 is 5.81. The van der Waals surface area contributed by atoms with Gasteiger partial charge in [0.1, 0.15) is 5.52 Å². The van der Waals surface area contributed by atoms with Crippen LogP contribution in [-0.2, 0) is 0 Å². The Morgan fingerprint density at radius 3 is 2.63 bits per heavy atom. The number of nitrogen functional groups attached to an aromatic ring is 1. The van der Waals surface area contributed by atoms with Crippen molar-refractivity contribution in [1.82, 2.24) is 4.98 Å². The number of rotatable bonds is 1. The van der Waals surface area contributed by atoms with Gasteiger partial charge in [-0.25, -0.2) is 4.98 Å². The molecular weight excluding hydrogens is 260 g/mol. The summed E-state index contributed by atoms with van der Waals surface area (Å²) in [5.74, 6) is 0.562. The molecular formula is C15H13ClN2O. The van der Waals surface area contributed by atoms with Crippen LogP contribution in [0.15, 0.2) is 34.7 Å². The minimum atomic E-state index is 0.562. The zero-order valence-corrected chi connectivity index (χ0v) is 11.5. The van der Waals surface area contributed by atoms with Gasteiger partial charge in [0.2, 0.25) is 5.89 Å². The van der Waals surface area contributed by atoms with Crippen molar-refractivity contribution in [3.05, 3.63) is 46.5 Å². The molecule has 0 saturated carbocycles. The second-order valence-electron chi connectivity index (χ2n) is 4.66. The van der Waals surface area contributed by atoms with Crippen LogP contribution in [0, 0.1) is 13.8 Å². The van der Waals surface area contributed by atoms with E-state index in [1.807, 2.05) is 38.1 Å². The molecule has 2 N–H and O–H groups in total. The summed E-state index contributed by atoms with van der Waals surface area (Å²) in [6, 6.07) is 9.44. The molecule has 0 aliphatic heterocycles. The van der Waals surface area contributed by atoms with Crippen LogP contribution >= 0.6 is 11.6 Å². The highest BCUT2D eigenvalue weighted by atomic mass is 35.5. The molecule has 0 saturated heterocycles. The maximum Gasteiger partial charge on any atom is 0.227 e. The highest BCUT2D eigenvalue weighted by molar-refractivity contribution is 6.31. The molecule has 0 aliphatic carbocycles. The fourth-order valence-electron chi connectivity index (χ4n) is 2.05. The molecule has 1 aromatic heterocycles. The molecule has 0 amide bonds. The molecule has 2 aromatic carbocycles. The van der Waals surface area contributed by atoms with Gasteiger partial charge >= 0.3 is 0 Å². The Morgan fingerprint density at radius 2 is 1.89 bits per heavy atom. The number of oxazole rings is 1. The average Bonchev–Trinajstić information content (AvgIpc) is 2.76. The second-order valence-corrected chi connectivity index (χ2v) is 5.10. The normalized spacial score (nSPS) is 11.1. The Bertz CT molecular complexity index is 777. The van der Waals surface area contributed by atoms with Crippen molar-refractivity contribution in [2.75, 3.05) is 5.73 Å². The van der Waals surface area contributed by atoms with Gasteiger partial charge in [0, 0.05) is 16.3 Å². The second kappa shape index (κ2) is 4.28. The number of anilines is 1. The largest absolute Gasteiger partial charge is 0.436 e. The highest BCUT2D eigenvalue weighted by Crippen LogP contribution is 2.30. The third-order valence-corrected chi connectivity index (χ3v) is 3.38. The first-order chi connectivity index (χ1) is 9.04. The third kappa shape index (κ3) is 2.06. The molecule has 0 bridgehead atoms. The van der Waals surface area contributed by atoms with E-state index in [1.165, 1.54) is 0 Å². The van der Waals surface area contributed by atoms with E-state index in [0.29, 0.717) is 10.9 Å². The van der Waals surface area contributed by atoms with Crippen molar-refractivity contribution in [3.63, 3.8) is 0 Å². The Hall–Kier alpha value is -2.00. The van der Waals surface area contributed by atoms with Gasteiger partial charge in [0.15, 0.2) is 5.58 Å². The van der Waals surface area contributed by atoms with E-state index in [4.69, 9.17) is 21.8 Å². The summed E-state index contributed by atoms with van der Waals surface area (Å²) in [6.07, 6.45) is 0. The lowest BCUT2D eigenvalue weighted by atomic mass is 10.1. The first kappa shape index (κ1) is 12.1. The SMILES string of the molecule is Cc1ccc(-c2nc3cc(Cl)cc(C)c3o2)cc1N. The summed E-state index contributed by atoms with van der Waals surface area (Å²) in [5, 5.41) is 0.660. The summed E-state index contributed by atoms with van der Waals surface area (Å²) in [7, 11) is 0. The standard InChI is InChI=1S/C15H13ClN2O/c1-8-3-4-10(6-12(8)17)15-18-13-7-11(16)5-9(2)14(13)19-15/h3-7H,17H2,1-2H3. The molecule has 96 valence electrons. The van der Waals surface area contributed by atoms with Crippen molar-refractivity contribution in [2.45, 2.75) is 13.8 Å². The number of hydrogen-bond acceptors (Lipinski definition) is 3. The molecule has 19 heavy (non-hydrogen) atoms. The zero-order valence-electron chi connectivity index (χ0n) is 10.7. The molecule has 3 aromatic rings. The van der Waals surface area contributed by atoms with Crippen LogP contribution in [0.1, 0.15) is 11.1 Å². The van der Waals surface area contributed by atoms with Crippen LogP contribution in [0.4, 0.5) is 5.69 Å². The van der Waals surface area contributed by atoms with E-state index in [1.54, 1.807) is 6.07 Å². The van der Waals surface area contributed by atoms with E-state index < -0.39 is 0 Å². The Kier molecular flexibility index (Phi) is 2.72. The number of aryl methyl sites for hydroxylation is 2. The van der Waals surface area contributed by atoms with Crippen LogP contribution < -0.4 is 5.73 Å². The predicted octanol–water partition coefficient (Wildman–Crippen LogP) is 4.35. The Morgan fingerprint density at radius 1 is 1.11 bits per heavy atom. The van der Waals surface area contributed by atoms with Gasteiger partial charge in [-0.05, 0) is 49.2 Å². The van der Waals surface area contributed by atoms with Gasteiger partial charge in [-0.2, -0.15) is 0 Å². The molecule has 4 heteroatoms.